The number of hydrogen-bond acceptors (Lipinski definition) is 3. The van der Waals surface area contributed by atoms with Crippen LogP contribution in [-0.2, 0) is 20.7 Å². The molecule has 5 heteroatoms. The summed E-state index contributed by atoms with van der Waals surface area (Å²) in [5, 5.41) is 3.98. The van der Waals surface area contributed by atoms with Crippen LogP contribution >= 0.6 is 0 Å². The van der Waals surface area contributed by atoms with E-state index < -0.39 is 12.1 Å². The number of amides is 1. The number of benzene rings is 3. The number of fused-ring (bicyclic) bond motifs is 1. The summed E-state index contributed by atoms with van der Waals surface area (Å²) in [4.78, 5) is 28.2. The first-order chi connectivity index (χ1) is 15.1. The van der Waals surface area contributed by atoms with Crippen LogP contribution < -0.4 is 5.32 Å². The highest BCUT2D eigenvalue weighted by Gasteiger charge is 2.19. The molecule has 2 N–H and O–H groups in total. The molecule has 0 aliphatic rings. The van der Waals surface area contributed by atoms with Gasteiger partial charge in [0, 0.05) is 34.8 Å². The average Bonchev–Trinajstić information content (AvgIpc) is 3.22. The number of aromatic amines is 1. The number of rotatable bonds is 7. The standard InChI is InChI=1S/C26H24N2O3/c1-18(31-25(29)16-15-20-17-27-23-13-7-5-12-22(20)23)26(30)28-24-14-8-6-11-21(24)19-9-3-2-4-10-19/h2-14,17-18,27H,15-16H2,1H3,(H,28,30)/t18-/m0/s1. The van der Waals surface area contributed by atoms with E-state index in [1.165, 1.54) is 0 Å². The largest absolute Gasteiger partial charge is 0.453 e. The average molecular weight is 412 g/mol. The molecular formula is C26H24N2O3. The molecule has 1 aromatic heterocycles. The minimum atomic E-state index is -0.890. The van der Waals surface area contributed by atoms with Crippen LogP contribution in [0.2, 0.25) is 0 Å². The van der Waals surface area contributed by atoms with Crippen LogP contribution in [-0.4, -0.2) is 23.0 Å². The Morgan fingerprint density at radius 3 is 2.48 bits per heavy atom. The lowest BCUT2D eigenvalue weighted by Crippen LogP contribution is -2.30. The molecule has 156 valence electrons. The zero-order chi connectivity index (χ0) is 21.6. The van der Waals surface area contributed by atoms with Crippen molar-refractivity contribution >= 4 is 28.5 Å². The summed E-state index contributed by atoms with van der Waals surface area (Å²) < 4.78 is 5.38. The number of para-hydroxylation sites is 2. The van der Waals surface area contributed by atoms with Crippen molar-refractivity contribution in [3.05, 3.63) is 90.6 Å². The Labute approximate surface area is 181 Å². The summed E-state index contributed by atoms with van der Waals surface area (Å²) >= 11 is 0. The number of carbonyl (C=O) groups excluding carboxylic acids is 2. The zero-order valence-corrected chi connectivity index (χ0v) is 17.3. The van der Waals surface area contributed by atoms with E-state index in [1.54, 1.807) is 6.92 Å². The number of nitrogens with one attached hydrogen (secondary N) is 2. The van der Waals surface area contributed by atoms with E-state index in [1.807, 2.05) is 85.1 Å². The Morgan fingerprint density at radius 2 is 1.65 bits per heavy atom. The monoisotopic (exact) mass is 412 g/mol. The summed E-state index contributed by atoms with van der Waals surface area (Å²) in [6.07, 6.45) is 1.78. The molecule has 4 rings (SSSR count). The number of carbonyl (C=O) groups is 2. The molecule has 1 heterocycles. The second-order valence-corrected chi connectivity index (χ2v) is 7.39. The lowest BCUT2D eigenvalue weighted by atomic mass is 10.0. The van der Waals surface area contributed by atoms with E-state index in [-0.39, 0.29) is 12.3 Å². The van der Waals surface area contributed by atoms with Gasteiger partial charge >= 0.3 is 5.97 Å². The van der Waals surface area contributed by atoms with Crippen molar-refractivity contribution in [2.24, 2.45) is 0 Å². The molecule has 0 bridgehead atoms. The van der Waals surface area contributed by atoms with E-state index in [0.29, 0.717) is 12.1 Å². The molecule has 3 aromatic carbocycles. The number of aryl methyl sites for hydroxylation is 1. The Morgan fingerprint density at radius 1 is 0.935 bits per heavy atom. The van der Waals surface area contributed by atoms with Gasteiger partial charge in [-0.05, 0) is 36.6 Å². The van der Waals surface area contributed by atoms with Gasteiger partial charge in [0.1, 0.15) is 0 Å². The Hall–Kier alpha value is -3.86. The molecule has 1 atom stereocenters. The molecule has 0 aliphatic carbocycles. The van der Waals surface area contributed by atoms with E-state index in [4.69, 9.17) is 4.74 Å². The normalized spacial score (nSPS) is 11.8. The molecule has 0 spiro atoms. The van der Waals surface area contributed by atoms with E-state index in [2.05, 4.69) is 10.3 Å². The summed E-state index contributed by atoms with van der Waals surface area (Å²) in [6.45, 7) is 1.59. The second kappa shape index (κ2) is 9.30. The highest BCUT2D eigenvalue weighted by atomic mass is 16.5. The van der Waals surface area contributed by atoms with Crippen molar-refractivity contribution in [1.29, 1.82) is 0 Å². The topological polar surface area (TPSA) is 71.2 Å². The summed E-state index contributed by atoms with van der Waals surface area (Å²) in [6, 6.07) is 25.3. The maximum absolute atomic E-state index is 12.6. The summed E-state index contributed by atoms with van der Waals surface area (Å²) in [5.74, 6) is -0.756. The van der Waals surface area contributed by atoms with Gasteiger partial charge in [0.05, 0.1) is 0 Å². The fourth-order valence-electron chi connectivity index (χ4n) is 3.58. The minimum Gasteiger partial charge on any atom is -0.453 e. The number of hydrogen-bond donors (Lipinski definition) is 2. The van der Waals surface area contributed by atoms with Crippen LogP contribution in [0.1, 0.15) is 18.9 Å². The van der Waals surface area contributed by atoms with Gasteiger partial charge in [0.25, 0.3) is 5.91 Å². The molecule has 31 heavy (non-hydrogen) atoms. The third kappa shape index (κ3) is 4.83. The van der Waals surface area contributed by atoms with Crippen molar-refractivity contribution in [2.75, 3.05) is 5.32 Å². The van der Waals surface area contributed by atoms with Crippen LogP contribution in [0.3, 0.4) is 0 Å². The van der Waals surface area contributed by atoms with Gasteiger partial charge in [-0.25, -0.2) is 0 Å². The SMILES string of the molecule is C[C@H](OC(=O)CCc1c[nH]c2ccccc12)C(=O)Nc1ccccc1-c1ccccc1. The van der Waals surface area contributed by atoms with Gasteiger partial charge in [-0.3, -0.25) is 9.59 Å². The maximum atomic E-state index is 12.6. The Kier molecular flexibility index (Phi) is 6.13. The van der Waals surface area contributed by atoms with Crippen molar-refractivity contribution in [2.45, 2.75) is 25.9 Å². The Balaban J connectivity index is 1.35. The van der Waals surface area contributed by atoms with Crippen LogP contribution in [0, 0.1) is 0 Å². The van der Waals surface area contributed by atoms with Gasteiger partial charge in [-0.1, -0.05) is 66.7 Å². The summed E-state index contributed by atoms with van der Waals surface area (Å²) in [5.41, 5.74) is 4.69. The molecule has 0 saturated carbocycles. The fraction of sp³-hybridized carbons (Fsp3) is 0.154. The van der Waals surface area contributed by atoms with Gasteiger partial charge < -0.3 is 15.0 Å². The molecule has 0 fully saturated rings. The van der Waals surface area contributed by atoms with Crippen molar-refractivity contribution in [1.82, 2.24) is 4.98 Å². The van der Waals surface area contributed by atoms with Crippen molar-refractivity contribution in [3.8, 4) is 11.1 Å². The molecule has 4 aromatic rings. The van der Waals surface area contributed by atoms with Crippen LogP contribution in [0.15, 0.2) is 85.1 Å². The first-order valence-electron chi connectivity index (χ1n) is 10.3. The molecule has 1 amide bonds. The van der Waals surface area contributed by atoms with Crippen LogP contribution in [0.25, 0.3) is 22.0 Å². The van der Waals surface area contributed by atoms with E-state index in [9.17, 15) is 9.59 Å². The van der Waals surface area contributed by atoms with Gasteiger partial charge in [0.2, 0.25) is 0 Å². The molecule has 5 nitrogen and oxygen atoms in total. The number of anilines is 1. The minimum absolute atomic E-state index is 0.208. The predicted molar refractivity (Wildman–Crippen MR) is 123 cm³/mol. The second-order valence-electron chi connectivity index (χ2n) is 7.39. The molecular weight excluding hydrogens is 388 g/mol. The maximum Gasteiger partial charge on any atom is 0.306 e. The van der Waals surface area contributed by atoms with Crippen molar-refractivity contribution < 1.29 is 14.3 Å². The zero-order valence-electron chi connectivity index (χ0n) is 17.3. The van der Waals surface area contributed by atoms with Crippen molar-refractivity contribution in [3.63, 3.8) is 0 Å². The third-order valence-electron chi connectivity index (χ3n) is 5.22. The first-order valence-corrected chi connectivity index (χ1v) is 10.3. The van der Waals surface area contributed by atoms with Gasteiger partial charge in [-0.15, -0.1) is 0 Å². The number of esters is 1. The van der Waals surface area contributed by atoms with E-state index >= 15 is 0 Å². The van der Waals surface area contributed by atoms with Crippen LogP contribution in [0.4, 0.5) is 5.69 Å². The molecule has 0 saturated heterocycles. The Bertz CT molecular complexity index is 1200. The predicted octanol–water partition coefficient (Wildman–Crippen LogP) is 5.34. The molecule has 0 radical (unpaired) electrons. The number of aromatic nitrogens is 1. The molecule has 0 aliphatic heterocycles. The van der Waals surface area contributed by atoms with E-state index in [0.717, 1.165) is 27.6 Å². The number of H-pyrrole nitrogens is 1. The molecule has 0 unspecified atom stereocenters. The third-order valence-corrected chi connectivity index (χ3v) is 5.22. The smallest absolute Gasteiger partial charge is 0.306 e. The van der Waals surface area contributed by atoms with Crippen LogP contribution in [0.5, 0.6) is 0 Å². The summed E-state index contributed by atoms with van der Waals surface area (Å²) in [7, 11) is 0. The fourth-order valence-corrected chi connectivity index (χ4v) is 3.58. The van der Waals surface area contributed by atoms with Gasteiger partial charge in [-0.2, -0.15) is 0 Å². The first kappa shape index (κ1) is 20.4. The highest BCUT2D eigenvalue weighted by molar-refractivity contribution is 5.98. The lowest BCUT2D eigenvalue weighted by Gasteiger charge is -2.16. The number of ether oxygens (including phenoxy) is 1. The lowest BCUT2D eigenvalue weighted by molar-refractivity contribution is -0.153. The highest BCUT2D eigenvalue weighted by Crippen LogP contribution is 2.27. The quantitative estimate of drug-likeness (QED) is 0.403. The van der Waals surface area contributed by atoms with Gasteiger partial charge in [0.15, 0.2) is 6.10 Å².